The van der Waals surface area contributed by atoms with Crippen molar-refractivity contribution in [2.24, 2.45) is 0 Å². The molecule has 2 atom stereocenters. The third kappa shape index (κ3) is 2.61. The Kier molecular flexibility index (Phi) is 4.08. The van der Waals surface area contributed by atoms with Crippen molar-refractivity contribution in [3.8, 4) is 0 Å². The maximum atomic E-state index is 11.6. The molecule has 0 aliphatic carbocycles. The van der Waals surface area contributed by atoms with Gasteiger partial charge in [-0.15, -0.1) is 0 Å². The van der Waals surface area contributed by atoms with Gasteiger partial charge in [-0.2, -0.15) is 23.5 Å². The van der Waals surface area contributed by atoms with Crippen LogP contribution in [0.25, 0.3) is 0 Å². The summed E-state index contributed by atoms with van der Waals surface area (Å²) in [5, 5.41) is 0.662. The molecule has 2 nitrogen and oxygen atoms in total. The molecule has 2 heterocycles. The Morgan fingerprint density at radius 3 is 2.93 bits per heavy atom. The molecule has 0 N–H and O–H groups in total. The van der Waals surface area contributed by atoms with Crippen LogP contribution in [0.2, 0.25) is 0 Å². The Hall–Kier alpha value is 0.650. The molecule has 14 heavy (non-hydrogen) atoms. The standard InChI is InChI=1S/C9H14BrNOS2/c10-8-1-2-11(9(8)12)5-7-6-13-3-4-14-7/h7-8H,1-6H2. The Labute approximate surface area is 102 Å². The minimum absolute atomic E-state index is 0.0868. The third-order valence-corrected chi connectivity index (χ3v) is 6.22. The predicted octanol–water partition coefficient (Wildman–Crippen LogP) is 1.83. The Morgan fingerprint density at radius 1 is 1.50 bits per heavy atom. The van der Waals surface area contributed by atoms with Crippen molar-refractivity contribution in [2.45, 2.75) is 16.5 Å². The number of thioether (sulfide) groups is 2. The van der Waals surface area contributed by atoms with Gasteiger partial charge in [0.15, 0.2) is 0 Å². The first-order valence-corrected chi connectivity index (χ1v) is 8.01. The molecule has 2 fully saturated rings. The molecule has 2 rings (SSSR count). The topological polar surface area (TPSA) is 20.3 Å². The van der Waals surface area contributed by atoms with Gasteiger partial charge >= 0.3 is 0 Å². The highest BCUT2D eigenvalue weighted by molar-refractivity contribution is 9.10. The molecule has 0 radical (unpaired) electrons. The fourth-order valence-corrected chi connectivity index (χ4v) is 4.95. The van der Waals surface area contributed by atoms with E-state index in [0.29, 0.717) is 11.2 Å². The van der Waals surface area contributed by atoms with Crippen LogP contribution in [0.1, 0.15) is 6.42 Å². The van der Waals surface area contributed by atoms with Gasteiger partial charge in [0.25, 0.3) is 0 Å². The van der Waals surface area contributed by atoms with Gasteiger partial charge < -0.3 is 4.90 Å². The van der Waals surface area contributed by atoms with Crippen molar-refractivity contribution in [1.29, 1.82) is 0 Å². The number of hydrogen-bond acceptors (Lipinski definition) is 3. The predicted molar refractivity (Wildman–Crippen MR) is 67.5 cm³/mol. The van der Waals surface area contributed by atoms with E-state index in [0.717, 1.165) is 19.5 Å². The maximum absolute atomic E-state index is 11.6. The van der Waals surface area contributed by atoms with Gasteiger partial charge in [-0.1, -0.05) is 15.9 Å². The lowest BCUT2D eigenvalue weighted by Crippen LogP contribution is -2.35. The summed E-state index contributed by atoms with van der Waals surface area (Å²) in [7, 11) is 0. The van der Waals surface area contributed by atoms with Crippen molar-refractivity contribution in [3.05, 3.63) is 0 Å². The molecule has 0 bridgehead atoms. The number of alkyl halides is 1. The second-order valence-corrected chi connectivity index (χ2v) is 7.27. The van der Waals surface area contributed by atoms with Crippen LogP contribution in [-0.4, -0.2) is 51.2 Å². The highest BCUT2D eigenvalue weighted by Gasteiger charge is 2.31. The summed E-state index contributed by atoms with van der Waals surface area (Å²) >= 11 is 7.45. The average Bonchev–Trinajstić information content (AvgIpc) is 2.52. The smallest absolute Gasteiger partial charge is 0.236 e. The van der Waals surface area contributed by atoms with E-state index < -0.39 is 0 Å². The quantitative estimate of drug-likeness (QED) is 0.725. The summed E-state index contributed by atoms with van der Waals surface area (Å²) in [4.78, 5) is 13.7. The number of hydrogen-bond donors (Lipinski definition) is 0. The summed E-state index contributed by atoms with van der Waals surface area (Å²) < 4.78 is 0. The first-order chi connectivity index (χ1) is 6.77. The van der Waals surface area contributed by atoms with Crippen LogP contribution >= 0.6 is 39.5 Å². The summed E-state index contributed by atoms with van der Waals surface area (Å²) in [5.41, 5.74) is 0. The Morgan fingerprint density at radius 2 is 2.36 bits per heavy atom. The number of carbonyl (C=O) groups excluding carboxylic acids is 1. The average molecular weight is 296 g/mol. The molecule has 0 aromatic carbocycles. The molecule has 0 saturated carbocycles. The van der Waals surface area contributed by atoms with Gasteiger partial charge in [0.1, 0.15) is 0 Å². The minimum Gasteiger partial charge on any atom is -0.341 e. The van der Waals surface area contributed by atoms with E-state index in [9.17, 15) is 4.79 Å². The molecule has 0 aromatic rings. The molecular formula is C9H14BrNOS2. The number of rotatable bonds is 2. The van der Waals surface area contributed by atoms with Gasteiger partial charge in [-0.25, -0.2) is 0 Å². The number of amides is 1. The zero-order valence-electron chi connectivity index (χ0n) is 7.95. The lowest BCUT2D eigenvalue weighted by atomic mass is 10.4. The van der Waals surface area contributed by atoms with Crippen LogP contribution < -0.4 is 0 Å². The highest BCUT2D eigenvalue weighted by Crippen LogP contribution is 2.27. The fourth-order valence-electron chi connectivity index (χ4n) is 1.77. The molecule has 0 spiro atoms. The van der Waals surface area contributed by atoms with E-state index in [4.69, 9.17) is 0 Å². The van der Waals surface area contributed by atoms with Crippen LogP contribution in [0, 0.1) is 0 Å². The molecule has 80 valence electrons. The molecule has 2 aliphatic rings. The zero-order chi connectivity index (χ0) is 9.97. The normalized spacial score (nSPS) is 33.8. The lowest BCUT2D eigenvalue weighted by molar-refractivity contribution is -0.127. The van der Waals surface area contributed by atoms with E-state index in [1.54, 1.807) is 0 Å². The molecule has 0 aromatic heterocycles. The first kappa shape index (κ1) is 11.1. The molecule has 2 unspecified atom stereocenters. The zero-order valence-corrected chi connectivity index (χ0v) is 11.2. The minimum atomic E-state index is 0.0868. The first-order valence-electron chi connectivity index (χ1n) is 4.89. The number of nitrogens with zero attached hydrogens (tertiary/aromatic N) is 1. The number of likely N-dealkylation sites (tertiary alicyclic amines) is 1. The fraction of sp³-hybridized carbons (Fsp3) is 0.889. The van der Waals surface area contributed by atoms with Crippen molar-refractivity contribution >= 4 is 45.4 Å². The Balaban J connectivity index is 1.82. The van der Waals surface area contributed by atoms with Crippen LogP contribution in [-0.2, 0) is 4.79 Å². The van der Waals surface area contributed by atoms with Crippen LogP contribution in [0.15, 0.2) is 0 Å². The molecule has 2 aliphatic heterocycles. The summed E-state index contributed by atoms with van der Waals surface area (Å²) in [6.45, 7) is 1.90. The monoisotopic (exact) mass is 295 g/mol. The number of carbonyl (C=O) groups is 1. The van der Waals surface area contributed by atoms with Crippen molar-refractivity contribution in [1.82, 2.24) is 4.90 Å². The van der Waals surface area contributed by atoms with Gasteiger partial charge in [-0.3, -0.25) is 4.79 Å². The van der Waals surface area contributed by atoms with E-state index in [1.807, 2.05) is 28.4 Å². The second kappa shape index (κ2) is 5.12. The van der Waals surface area contributed by atoms with Gasteiger partial charge in [0.2, 0.25) is 5.91 Å². The molecular weight excluding hydrogens is 282 g/mol. The highest BCUT2D eigenvalue weighted by atomic mass is 79.9. The van der Waals surface area contributed by atoms with E-state index in [2.05, 4.69) is 15.9 Å². The van der Waals surface area contributed by atoms with E-state index >= 15 is 0 Å². The van der Waals surface area contributed by atoms with Crippen molar-refractivity contribution in [2.75, 3.05) is 30.3 Å². The maximum Gasteiger partial charge on any atom is 0.236 e. The molecule has 5 heteroatoms. The third-order valence-electron chi connectivity index (χ3n) is 2.54. The Bertz CT molecular complexity index is 221. The lowest BCUT2D eigenvalue weighted by Gasteiger charge is -2.26. The molecule has 1 amide bonds. The summed E-state index contributed by atoms with van der Waals surface area (Å²) in [5.74, 6) is 4.02. The summed E-state index contributed by atoms with van der Waals surface area (Å²) in [6.07, 6.45) is 0.976. The van der Waals surface area contributed by atoms with Crippen LogP contribution in [0.5, 0.6) is 0 Å². The second-order valence-electron chi connectivity index (χ2n) is 3.61. The van der Waals surface area contributed by atoms with Crippen LogP contribution in [0.3, 0.4) is 0 Å². The number of halogens is 1. The van der Waals surface area contributed by atoms with E-state index in [1.165, 1.54) is 17.3 Å². The van der Waals surface area contributed by atoms with Crippen molar-refractivity contribution < 1.29 is 4.79 Å². The van der Waals surface area contributed by atoms with Crippen molar-refractivity contribution in [3.63, 3.8) is 0 Å². The van der Waals surface area contributed by atoms with E-state index in [-0.39, 0.29) is 4.83 Å². The van der Waals surface area contributed by atoms with Gasteiger partial charge in [-0.05, 0) is 6.42 Å². The van der Waals surface area contributed by atoms with Gasteiger partial charge in [0.05, 0.1) is 4.83 Å². The summed E-state index contributed by atoms with van der Waals surface area (Å²) in [6, 6.07) is 0. The van der Waals surface area contributed by atoms with Crippen LogP contribution in [0.4, 0.5) is 0 Å². The molecule has 2 saturated heterocycles. The SMILES string of the molecule is O=C1C(Br)CCN1CC1CSCCS1. The van der Waals surface area contributed by atoms with Gasteiger partial charge in [0, 0.05) is 35.6 Å². The largest absolute Gasteiger partial charge is 0.341 e.